The molecule has 0 aliphatic carbocycles. The van der Waals surface area contributed by atoms with Crippen LogP contribution in [0.4, 0.5) is 0 Å². The van der Waals surface area contributed by atoms with E-state index >= 15 is 0 Å². The van der Waals surface area contributed by atoms with Crippen LogP contribution in [0.3, 0.4) is 0 Å². The van der Waals surface area contributed by atoms with Gasteiger partial charge in [-0.15, -0.1) is 11.3 Å². The standard InChI is InChI=1S/C20H19ClN2O5S/c1-2-23-9-11(15(10-23)20(27)28)7-12(24)4-6-17-18(21)22-19(29-17)14-5-3-13(25)8-16(14)26/h3,5,8-10,25-26H,2,4,6-7H2,1H3,(H,27,28). The summed E-state index contributed by atoms with van der Waals surface area (Å²) in [4.78, 5) is 28.7. The second kappa shape index (κ2) is 8.67. The van der Waals surface area contributed by atoms with Gasteiger partial charge >= 0.3 is 5.97 Å². The number of aromatic hydroxyl groups is 2. The second-order valence-electron chi connectivity index (χ2n) is 6.48. The van der Waals surface area contributed by atoms with E-state index in [-0.39, 0.29) is 40.8 Å². The molecule has 1 aromatic carbocycles. The molecule has 0 radical (unpaired) electrons. The summed E-state index contributed by atoms with van der Waals surface area (Å²) in [5.41, 5.74) is 1.08. The number of aryl methyl sites for hydroxylation is 2. The number of carboxylic acid groups (broad SMARTS) is 1. The van der Waals surface area contributed by atoms with E-state index in [1.165, 1.54) is 29.7 Å². The van der Waals surface area contributed by atoms with E-state index in [0.29, 0.717) is 34.0 Å². The Morgan fingerprint density at radius 3 is 2.66 bits per heavy atom. The third-order valence-corrected chi connectivity index (χ3v) is 6.01. The zero-order valence-corrected chi connectivity index (χ0v) is 17.1. The van der Waals surface area contributed by atoms with Gasteiger partial charge in [0, 0.05) is 42.7 Å². The summed E-state index contributed by atoms with van der Waals surface area (Å²) in [7, 11) is 0. The van der Waals surface area contributed by atoms with E-state index in [1.54, 1.807) is 16.8 Å². The Morgan fingerprint density at radius 2 is 2.00 bits per heavy atom. The minimum absolute atomic E-state index is 0.0384. The fraction of sp³-hybridized carbons (Fsp3) is 0.250. The van der Waals surface area contributed by atoms with Gasteiger partial charge in [0.2, 0.25) is 0 Å². The van der Waals surface area contributed by atoms with Crippen molar-refractivity contribution in [2.45, 2.75) is 32.7 Å². The van der Waals surface area contributed by atoms with Gasteiger partial charge < -0.3 is 19.9 Å². The van der Waals surface area contributed by atoms with Crippen LogP contribution in [0.5, 0.6) is 11.5 Å². The third kappa shape index (κ3) is 4.78. The van der Waals surface area contributed by atoms with E-state index in [0.717, 1.165) is 0 Å². The van der Waals surface area contributed by atoms with E-state index in [1.807, 2.05) is 6.92 Å². The lowest BCUT2D eigenvalue weighted by atomic mass is 10.0. The molecule has 0 aliphatic rings. The summed E-state index contributed by atoms with van der Waals surface area (Å²) < 4.78 is 1.74. The van der Waals surface area contributed by atoms with Gasteiger partial charge in [-0.05, 0) is 31.0 Å². The number of benzene rings is 1. The number of phenolic OH excluding ortho intramolecular Hbond substituents is 2. The highest BCUT2D eigenvalue weighted by Crippen LogP contribution is 2.37. The van der Waals surface area contributed by atoms with Gasteiger partial charge in [0.25, 0.3) is 0 Å². The van der Waals surface area contributed by atoms with E-state index in [4.69, 9.17) is 11.6 Å². The van der Waals surface area contributed by atoms with Crippen LogP contribution in [0.15, 0.2) is 30.6 Å². The summed E-state index contributed by atoms with van der Waals surface area (Å²) in [6.45, 7) is 2.52. The number of phenols is 2. The summed E-state index contributed by atoms with van der Waals surface area (Å²) in [5.74, 6) is -1.32. The fourth-order valence-corrected chi connectivity index (χ4v) is 4.26. The van der Waals surface area contributed by atoms with Gasteiger partial charge in [-0.2, -0.15) is 0 Å². The Bertz CT molecular complexity index is 1070. The Balaban J connectivity index is 1.69. The molecular weight excluding hydrogens is 416 g/mol. The number of hydrogen-bond donors (Lipinski definition) is 3. The van der Waals surface area contributed by atoms with Gasteiger partial charge in [0.1, 0.15) is 27.4 Å². The van der Waals surface area contributed by atoms with Crippen molar-refractivity contribution >= 4 is 34.7 Å². The lowest BCUT2D eigenvalue weighted by Crippen LogP contribution is -2.07. The Labute approximate surface area is 175 Å². The first-order valence-corrected chi connectivity index (χ1v) is 10.1. The molecule has 0 aliphatic heterocycles. The zero-order valence-electron chi connectivity index (χ0n) is 15.6. The smallest absolute Gasteiger partial charge is 0.337 e. The van der Waals surface area contributed by atoms with Gasteiger partial charge in [-0.25, -0.2) is 9.78 Å². The number of hydrogen-bond acceptors (Lipinski definition) is 6. The summed E-state index contributed by atoms with van der Waals surface area (Å²) >= 11 is 7.45. The maximum atomic E-state index is 12.4. The van der Waals surface area contributed by atoms with Gasteiger partial charge in [-0.1, -0.05) is 11.6 Å². The Morgan fingerprint density at radius 1 is 1.24 bits per heavy atom. The number of carboxylic acids is 1. The number of halogens is 1. The van der Waals surface area contributed by atoms with Crippen molar-refractivity contribution in [2.75, 3.05) is 0 Å². The molecule has 0 atom stereocenters. The number of carbonyl (C=O) groups excluding carboxylic acids is 1. The second-order valence-corrected chi connectivity index (χ2v) is 7.92. The lowest BCUT2D eigenvalue weighted by Gasteiger charge is -2.01. The molecule has 7 nitrogen and oxygen atoms in total. The van der Waals surface area contributed by atoms with Crippen molar-refractivity contribution in [1.29, 1.82) is 0 Å². The van der Waals surface area contributed by atoms with Crippen molar-refractivity contribution in [2.24, 2.45) is 0 Å². The zero-order chi connectivity index (χ0) is 21.1. The van der Waals surface area contributed by atoms with Crippen LogP contribution in [0.2, 0.25) is 5.15 Å². The number of ketones is 1. The van der Waals surface area contributed by atoms with Crippen LogP contribution >= 0.6 is 22.9 Å². The number of carbonyl (C=O) groups is 2. The SMILES string of the molecule is CCn1cc(CC(=O)CCc2sc(-c3ccc(O)cc3O)nc2Cl)c(C(=O)O)c1. The summed E-state index contributed by atoms with van der Waals surface area (Å²) in [6.07, 6.45) is 3.81. The van der Waals surface area contributed by atoms with Crippen molar-refractivity contribution in [3.8, 4) is 22.1 Å². The van der Waals surface area contributed by atoms with Gasteiger partial charge in [-0.3, -0.25) is 4.79 Å². The van der Waals surface area contributed by atoms with E-state index < -0.39 is 5.97 Å². The molecule has 0 saturated heterocycles. The normalized spacial score (nSPS) is 11.0. The van der Waals surface area contributed by atoms with Crippen LogP contribution in [0.1, 0.15) is 34.1 Å². The molecule has 29 heavy (non-hydrogen) atoms. The van der Waals surface area contributed by atoms with Crippen molar-refractivity contribution in [3.63, 3.8) is 0 Å². The predicted octanol–water partition coefficient (Wildman–Crippen LogP) is 4.14. The summed E-state index contributed by atoms with van der Waals surface area (Å²) in [5, 5.41) is 29.4. The van der Waals surface area contributed by atoms with Crippen LogP contribution in [-0.2, 0) is 24.2 Å². The minimum Gasteiger partial charge on any atom is -0.508 e. The number of nitrogens with zero attached hydrogens (tertiary/aromatic N) is 2. The monoisotopic (exact) mass is 434 g/mol. The molecule has 0 unspecified atom stereocenters. The largest absolute Gasteiger partial charge is 0.508 e. The summed E-state index contributed by atoms with van der Waals surface area (Å²) in [6, 6.07) is 4.20. The molecule has 0 amide bonds. The molecule has 152 valence electrons. The molecule has 0 fully saturated rings. The number of Topliss-reactive ketones (excluding diaryl/α,β-unsaturated/α-hetero) is 1. The van der Waals surface area contributed by atoms with Crippen molar-refractivity contribution in [1.82, 2.24) is 9.55 Å². The predicted molar refractivity (Wildman–Crippen MR) is 110 cm³/mol. The average Bonchev–Trinajstić information content (AvgIpc) is 3.23. The van der Waals surface area contributed by atoms with Crippen LogP contribution in [-0.4, -0.2) is 36.6 Å². The molecular formula is C20H19ClN2O5S. The fourth-order valence-electron chi connectivity index (χ4n) is 2.93. The van der Waals surface area contributed by atoms with Crippen LogP contribution < -0.4 is 0 Å². The van der Waals surface area contributed by atoms with Crippen LogP contribution in [0, 0.1) is 0 Å². The number of thiazole rings is 1. The molecule has 3 aromatic rings. The number of aromatic nitrogens is 2. The first-order valence-electron chi connectivity index (χ1n) is 8.89. The molecule has 9 heteroatoms. The quantitative estimate of drug-likeness (QED) is 0.491. The van der Waals surface area contributed by atoms with Crippen molar-refractivity contribution < 1.29 is 24.9 Å². The van der Waals surface area contributed by atoms with E-state index in [2.05, 4.69) is 4.98 Å². The Kier molecular flexibility index (Phi) is 6.24. The molecule has 0 bridgehead atoms. The van der Waals surface area contributed by atoms with E-state index in [9.17, 15) is 24.9 Å². The maximum absolute atomic E-state index is 12.4. The topological polar surface area (TPSA) is 113 Å². The van der Waals surface area contributed by atoms with Gasteiger partial charge in [0.15, 0.2) is 0 Å². The van der Waals surface area contributed by atoms with Crippen LogP contribution in [0.25, 0.3) is 10.6 Å². The first-order chi connectivity index (χ1) is 13.8. The molecule has 2 heterocycles. The number of rotatable bonds is 8. The van der Waals surface area contributed by atoms with Gasteiger partial charge in [0.05, 0.1) is 11.1 Å². The molecule has 3 N–H and O–H groups in total. The molecule has 3 rings (SSSR count). The number of aromatic carboxylic acids is 1. The lowest BCUT2D eigenvalue weighted by molar-refractivity contribution is -0.118. The highest BCUT2D eigenvalue weighted by Gasteiger charge is 2.18. The Hall–Kier alpha value is -2.84. The van der Waals surface area contributed by atoms with Crippen molar-refractivity contribution in [3.05, 3.63) is 51.7 Å². The maximum Gasteiger partial charge on any atom is 0.337 e. The average molecular weight is 435 g/mol. The molecule has 0 spiro atoms. The highest BCUT2D eigenvalue weighted by atomic mass is 35.5. The first kappa shape index (κ1) is 20.9. The minimum atomic E-state index is -1.05. The third-order valence-electron chi connectivity index (χ3n) is 4.44. The molecule has 0 saturated carbocycles. The molecule has 2 aromatic heterocycles. The highest BCUT2D eigenvalue weighted by molar-refractivity contribution is 7.15.